The molecule has 35 heavy (non-hydrogen) atoms. The fourth-order valence-corrected chi connectivity index (χ4v) is 4.54. The lowest BCUT2D eigenvalue weighted by molar-refractivity contribution is 0.0697. The van der Waals surface area contributed by atoms with Crippen LogP contribution in [-0.4, -0.2) is 61.7 Å². The molecule has 4 unspecified atom stereocenters. The van der Waals surface area contributed by atoms with Gasteiger partial charge in [-0.3, -0.25) is 0 Å². The highest BCUT2D eigenvalue weighted by Gasteiger charge is 2.35. The fraction of sp³-hybridized carbons (Fsp3) is 0.444. The topological polar surface area (TPSA) is 91.3 Å². The van der Waals surface area contributed by atoms with Crippen LogP contribution >= 0.6 is 11.6 Å². The number of anilines is 1. The Morgan fingerprint density at radius 2 is 2.14 bits per heavy atom. The zero-order valence-corrected chi connectivity index (χ0v) is 21.3. The molecule has 0 bridgehead atoms. The van der Waals surface area contributed by atoms with Crippen LogP contribution in [0.3, 0.4) is 0 Å². The summed E-state index contributed by atoms with van der Waals surface area (Å²) < 4.78 is 12.2. The SMILES string of the molecule is C=CC(O)C(C)C(CN1CC(C)(CCOc2cccc(Cl)c2)COc2ccc(C(=O)O)cc21)NC. The summed E-state index contributed by atoms with van der Waals surface area (Å²) in [4.78, 5) is 13.8. The van der Waals surface area contributed by atoms with Crippen molar-refractivity contribution in [2.24, 2.45) is 11.3 Å². The first-order valence-electron chi connectivity index (χ1n) is 11.8. The predicted molar refractivity (Wildman–Crippen MR) is 139 cm³/mol. The lowest BCUT2D eigenvalue weighted by Crippen LogP contribution is -2.49. The molecule has 2 aromatic carbocycles. The average molecular weight is 503 g/mol. The number of aliphatic hydroxyl groups excluding tert-OH is 1. The molecule has 3 rings (SSSR count). The molecular formula is C27H35ClN2O5. The van der Waals surface area contributed by atoms with Crippen LogP contribution in [-0.2, 0) is 0 Å². The number of likely N-dealkylation sites (N-methyl/N-ethyl adjacent to an activating group) is 1. The van der Waals surface area contributed by atoms with Gasteiger partial charge in [-0.05, 0) is 49.9 Å². The van der Waals surface area contributed by atoms with Gasteiger partial charge in [0.2, 0.25) is 0 Å². The largest absolute Gasteiger partial charge is 0.494 e. The molecule has 0 saturated carbocycles. The molecule has 1 heterocycles. The third kappa shape index (κ3) is 6.90. The van der Waals surface area contributed by atoms with E-state index >= 15 is 0 Å². The minimum atomic E-state index is -0.990. The molecule has 0 saturated heterocycles. The van der Waals surface area contributed by atoms with Crippen LogP contribution in [0.15, 0.2) is 55.1 Å². The molecule has 0 amide bonds. The number of benzene rings is 2. The molecule has 0 radical (unpaired) electrons. The summed E-state index contributed by atoms with van der Waals surface area (Å²) in [5.74, 6) is 0.256. The van der Waals surface area contributed by atoms with Gasteiger partial charge in [0, 0.05) is 35.5 Å². The van der Waals surface area contributed by atoms with Crippen LogP contribution < -0.4 is 19.7 Å². The van der Waals surface area contributed by atoms with Gasteiger partial charge in [0.05, 0.1) is 30.6 Å². The number of rotatable bonds is 11. The lowest BCUT2D eigenvalue weighted by atomic mass is 9.86. The molecule has 190 valence electrons. The van der Waals surface area contributed by atoms with Gasteiger partial charge in [-0.1, -0.05) is 37.6 Å². The van der Waals surface area contributed by atoms with Crippen LogP contribution in [0.1, 0.15) is 30.6 Å². The van der Waals surface area contributed by atoms with Crippen LogP contribution in [0.5, 0.6) is 11.5 Å². The number of nitrogens with zero attached hydrogens (tertiary/aromatic N) is 1. The summed E-state index contributed by atoms with van der Waals surface area (Å²) >= 11 is 6.07. The van der Waals surface area contributed by atoms with E-state index < -0.39 is 12.1 Å². The number of halogens is 1. The number of fused-ring (bicyclic) bond motifs is 1. The van der Waals surface area contributed by atoms with E-state index in [4.69, 9.17) is 21.1 Å². The van der Waals surface area contributed by atoms with Gasteiger partial charge < -0.3 is 29.9 Å². The first-order valence-corrected chi connectivity index (χ1v) is 12.1. The van der Waals surface area contributed by atoms with Gasteiger partial charge in [0.1, 0.15) is 11.5 Å². The van der Waals surface area contributed by atoms with Crippen LogP contribution in [0.2, 0.25) is 5.02 Å². The zero-order chi connectivity index (χ0) is 25.6. The van der Waals surface area contributed by atoms with Crippen molar-refractivity contribution in [3.8, 4) is 11.5 Å². The number of aliphatic hydroxyl groups is 1. The molecular weight excluding hydrogens is 468 g/mol. The number of ether oxygens (including phenoxy) is 2. The van der Waals surface area contributed by atoms with Gasteiger partial charge in [-0.2, -0.15) is 0 Å². The fourth-order valence-electron chi connectivity index (χ4n) is 4.36. The van der Waals surface area contributed by atoms with Gasteiger partial charge in [0.25, 0.3) is 0 Å². The number of carboxylic acids is 1. The van der Waals surface area contributed by atoms with Crippen molar-refractivity contribution in [2.75, 3.05) is 38.3 Å². The van der Waals surface area contributed by atoms with Crippen LogP contribution in [0, 0.1) is 11.3 Å². The van der Waals surface area contributed by atoms with E-state index in [2.05, 4.69) is 23.7 Å². The maximum Gasteiger partial charge on any atom is 0.335 e. The van der Waals surface area contributed by atoms with Crippen molar-refractivity contribution < 1.29 is 24.5 Å². The van der Waals surface area contributed by atoms with Crippen molar-refractivity contribution in [1.82, 2.24) is 5.32 Å². The van der Waals surface area contributed by atoms with Gasteiger partial charge >= 0.3 is 5.97 Å². The Balaban J connectivity index is 1.85. The van der Waals surface area contributed by atoms with E-state index in [1.54, 1.807) is 30.3 Å². The zero-order valence-electron chi connectivity index (χ0n) is 20.5. The standard InChI is InChI=1S/C27H35ClN2O5/c1-5-24(31)18(2)22(29-4)15-30-16-27(3,11-12-34-21-8-6-7-20(28)14-21)17-35-25-10-9-19(26(32)33)13-23(25)30/h5-10,13-14,18,22,24,29,31H,1,11-12,15-17H2,2-4H3,(H,32,33). The summed E-state index contributed by atoms with van der Waals surface area (Å²) in [7, 11) is 1.86. The number of nitrogens with one attached hydrogen (secondary N) is 1. The lowest BCUT2D eigenvalue weighted by Gasteiger charge is -2.37. The van der Waals surface area contributed by atoms with E-state index in [1.807, 2.05) is 26.1 Å². The molecule has 0 fully saturated rings. The quantitative estimate of drug-likeness (QED) is 0.390. The number of carboxylic acid groups (broad SMARTS) is 1. The third-order valence-corrected chi connectivity index (χ3v) is 6.90. The van der Waals surface area contributed by atoms with Crippen molar-refractivity contribution in [3.63, 3.8) is 0 Å². The maximum atomic E-state index is 11.7. The molecule has 1 aliphatic heterocycles. The minimum absolute atomic E-state index is 0.0746. The maximum absolute atomic E-state index is 11.7. The second-order valence-corrected chi connectivity index (χ2v) is 9.94. The molecule has 8 heteroatoms. The predicted octanol–water partition coefficient (Wildman–Crippen LogP) is 4.48. The molecule has 4 atom stereocenters. The second-order valence-electron chi connectivity index (χ2n) is 9.50. The summed E-state index contributed by atoms with van der Waals surface area (Å²) in [6, 6.07) is 12.2. The highest BCUT2D eigenvalue weighted by molar-refractivity contribution is 6.30. The highest BCUT2D eigenvalue weighted by Crippen LogP contribution is 2.38. The molecule has 0 aromatic heterocycles. The minimum Gasteiger partial charge on any atom is -0.494 e. The van der Waals surface area contributed by atoms with Gasteiger partial charge in [-0.15, -0.1) is 6.58 Å². The monoisotopic (exact) mass is 502 g/mol. The smallest absolute Gasteiger partial charge is 0.335 e. The molecule has 0 aliphatic carbocycles. The Kier molecular flexibility index (Phi) is 9.05. The average Bonchev–Trinajstić information content (AvgIpc) is 2.97. The number of hydrogen-bond acceptors (Lipinski definition) is 6. The Hall–Kier alpha value is -2.74. The van der Waals surface area contributed by atoms with Crippen molar-refractivity contribution in [1.29, 1.82) is 0 Å². The summed E-state index contributed by atoms with van der Waals surface area (Å²) in [6.07, 6.45) is 1.58. The Bertz CT molecular complexity index is 1030. The summed E-state index contributed by atoms with van der Waals surface area (Å²) in [6.45, 7) is 9.93. The Labute approximate surface area is 212 Å². The van der Waals surface area contributed by atoms with Gasteiger partial charge in [-0.25, -0.2) is 4.79 Å². The Morgan fingerprint density at radius 3 is 2.80 bits per heavy atom. The van der Waals surface area contributed by atoms with Crippen molar-refractivity contribution >= 4 is 23.3 Å². The Morgan fingerprint density at radius 1 is 1.37 bits per heavy atom. The first kappa shape index (κ1) is 26.9. The summed E-state index contributed by atoms with van der Waals surface area (Å²) in [5.41, 5.74) is 0.648. The molecule has 2 aromatic rings. The first-order chi connectivity index (χ1) is 16.7. The second kappa shape index (κ2) is 11.8. The van der Waals surface area contributed by atoms with Crippen molar-refractivity contribution in [3.05, 3.63) is 65.7 Å². The van der Waals surface area contributed by atoms with Gasteiger partial charge in [0.15, 0.2) is 0 Å². The van der Waals surface area contributed by atoms with E-state index in [9.17, 15) is 15.0 Å². The molecule has 3 N–H and O–H groups in total. The number of carbonyl (C=O) groups is 1. The third-order valence-electron chi connectivity index (χ3n) is 6.67. The summed E-state index contributed by atoms with van der Waals surface area (Å²) in [5, 5.41) is 23.9. The number of hydrogen-bond donors (Lipinski definition) is 3. The molecule has 1 aliphatic rings. The van der Waals surface area contributed by atoms with E-state index in [0.29, 0.717) is 49.2 Å². The number of aromatic carboxylic acids is 1. The highest BCUT2D eigenvalue weighted by atomic mass is 35.5. The molecule has 7 nitrogen and oxygen atoms in total. The van der Waals surface area contributed by atoms with Crippen LogP contribution in [0.4, 0.5) is 5.69 Å². The van der Waals surface area contributed by atoms with E-state index in [1.165, 1.54) is 6.08 Å². The van der Waals surface area contributed by atoms with E-state index in [-0.39, 0.29) is 22.9 Å². The molecule has 0 spiro atoms. The van der Waals surface area contributed by atoms with E-state index in [0.717, 1.165) is 5.69 Å². The van der Waals surface area contributed by atoms with Crippen LogP contribution in [0.25, 0.3) is 0 Å². The normalized spacial score (nSPS) is 20.1. The van der Waals surface area contributed by atoms with Crippen molar-refractivity contribution in [2.45, 2.75) is 32.4 Å².